The van der Waals surface area contributed by atoms with Crippen molar-refractivity contribution in [2.24, 2.45) is 18.9 Å². The number of halogens is 2. The van der Waals surface area contributed by atoms with Crippen molar-refractivity contribution in [1.82, 2.24) is 34.5 Å². The summed E-state index contributed by atoms with van der Waals surface area (Å²) in [6.45, 7) is 5.38. The van der Waals surface area contributed by atoms with Gasteiger partial charge in [0, 0.05) is 80.4 Å². The molecule has 2 bridgehead atoms. The Labute approximate surface area is 350 Å². The first-order chi connectivity index (χ1) is 29.5. The Morgan fingerprint density at radius 2 is 1.64 bits per heavy atom. The van der Waals surface area contributed by atoms with Gasteiger partial charge < -0.3 is 24.0 Å². The van der Waals surface area contributed by atoms with E-state index in [-0.39, 0.29) is 48.5 Å². The lowest BCUT2D eigenvalue weighted by Gasteiger charge is -2.43. The topological polar surface area (TPSA) is 160 Å². The molecular formula is C44H46F2N10O5. The molecule has 2 aromatic carbocycles. The molecule has 10 rings (SSSR count). The van der Waals surface area contributed by atoms with Crippen molar-refractivity contribution in [3.8, 4) is 17.1 Å². The molecule has 5 aliphatic rings. The van der Waals surface area contributed by atoms with E-state index in [2.05, 4.69) is 37.3 Å². The Bertz CT molecular complexity index is 2590. The highest BCUT2D eigenvalue weighted by molar-refractivity contribution is 6.05. The third-order valence-corrected chi connectivity index (χ3v) is 13.1. The fraction of sp³-hybridized carbons (Fsp3) is 0.432. The van der Waals surface area contributed by atoms with E-state index >= 15 is 8.78 Å². The molecule has 3 saturated heterocycles. The largest absolute Gasteiger partial charge is 0.477 e. The van der Waals surface area contributed by atoms with Crippen molar-refractivity contribution in [1.29, 1.82) is 0 Å². The van der Waals surface area contributed by atoms with Crippen LogP contribution in [0.5, 0.6) is 5.88 Å². The van der Waals surface area contributed by atoms with Gasteiger partial charge in [0.1, 0.15) is 11.6 Å². The quantitative estimate of drug-likeness (QED) is 0.238. The molecule has 2 N–H and O–H groups in total. The average Bonchev–Trinajstić information content (AvgIpc) is 3.75. The number of imidazole rings is 1. The van der Waals surface area contributed by atoms with E-state index in [0.29, 0.717) is 66.9 Å². The van der Waals surface area contributed by atoms with Crippen LogP contribution in [0.4, 0.5) is 26.1 Å². The van der Waals surface area contributed by atoms with E-state index < -0.39 is 29.4 Å². The van der Waals surface area contributed by atoms with Crippen molar-refractivity contribution in [3.05, 3.63) is 77.1 Å². The number of aromatic nitrogens is 5. The zero-order chi connectivity index (χ0) is 42.1. The highest BCUT2D eigenvalue weighted by Crippen LogP contribution is 2.44. The molecule has 4 amide bonds. The molecule has 1 saturated carbocycles. The maximum Gasteiger partial charge on any atom is 0.258 e. The summed E-state index contributed by atoms with van der Waals surface area (Å²) in [7, 11) is 1.84. The van der Waals surface area contributed by atoms with E-state index in [1.807, 2.05) is 24.9 Å². The lowest BCUT2D eigenvalue weighted by atomic mass is 9.89. The first-order valence-corrected chi connectivity index (χ1v) is 21.0. The third kappa shape index (κ3) is 7.33. The Morgan fingerprint density at radius 3 is 2.41 bits per heavy atom. The smallest absolute Gasteiger partial charge is 0.258 e. The number of imide groups is 1. The van der Waals surface area contributed by atoms with Crippen molar-refractivity contribution in [2.75, 3.05) is 54.4 Å². The van der Waals surface area contributed by atoms with Gasteiger partial charge in [0.2, 0.25) is 29.5 Å². The maximum absolute atomic E-state index is 15.3. The highest BCUT2D eigenvalue weighted by Gasteiger charge is 2.39. The summed E-state index contributed by atoms with van der Waals surface area (Å²) in [5, 5.41) is 9.69. The van der Waals surface area contributed by atoms with Crippen LogP contribution < -0.4 is 25.2 Å². The van der Waals surface area contributed by atoms with E-state index in [1.54, 1.807) is 27.9 Å². The number of piperidine rings is 2. The number of carbonyl (C=O) groups excluding carboxylic acids is 4. The molecule has 0 spiro atoms. The molecule has 4 fully saturated rings. The number of rotatable bonds is 4. The Kier molecular flexibility index (Phi) is 9.70. The van der Waals surface area contributed by atoms with E-state index in [0.717, 1.165) is 61.1 Å². The zero-order valence-corrected chi connectivity index (χ0v) is 34.0. The summed E-state index contributed by atoms with van der Waals surface area (Å²) in [6.07, 6.45) is 5.23. The second kappa shape index (κ2) is 15.3. The number of nitrogens with one attached hydrogen (secondary N) is 2. The van der Waals surface area contributed by atoms with Gasteiger partial charge in [-0.3, -0.25) is 34.8 Å². The summed E-state index contributed by atoms with van der Waals surface area (Å²) in [6, 6.07) is 12.1. The fourth-order valence-electron chi connectivity index (χ4n) is 9.69. The molecule has 4 aliphatic heterocycles. The number of nitrogens with zero attached hydrogens (tertiary/aromatic N) is 8. The van der Waals surface area contributed by atoms with Crippen LogP contribution in [0.3, 0.4) is 0 Å². The molecule has 3 atom stereocenters. The first kappa shape index (κ1) is 38.8. The number of benzene rings is 2. The van der Waals surface area contributed by atoms with Gasteiger partial charge in [-0.2, -0.15) is 5.10 Å². The molecular weight excluding hydrogens is 787 g/mol. The van der Waals surface area contributed by atoms with Crippen molar-refractivity contribution in [2.45, 2.75) is 64.0 Å². The predicted molar refractivity (Wildman–Crippen MR) is 221 cm³/mol. The van der Waals surface area contributed by atoms with Gasteiger partial charge in [-0.05, 0) is 93.3 Å². The standard InChI is InChI=1S/C44H46F2N10O5/c1-24-15-26-17-36(48-24)32-21-47-52(2)43(32)61-14-9-25-16-27(25)22-56-37-20-29(3-5-35(37)49-44(56)51-41(26)59)53-10-7-28(8-11-53)55-13-12-54(23-39(55)58)30-18-33(45)40(34(46)19-30)31-4-6-38(57)50-42(31)60/h3,5,15,17-21,25,27-28,31H,4,6-14,16,22-23H2,1-2H3,(H,49,51,59)(H,50,57,60)/t25-,27+,31?/m0/s1. The molecule has 0 radical (unpaired) electrons. The number of hydrogen-bond acceptors (Lipinski definition) is 10. The van der Waals surface area contributed by atoms with Gasteiger partial charge in [-0.1, -0.05) is 0 Å². The Morgan fingerprint density at radius 1 is 0.836 bits per heavy atom. The van der Waals surface area contributed by atoms with Gasteiger partial charge in [0.05, 0.1) is 47.6 Å². The second-order valence-corrected chi connectivity index (χ2v) is 17.0. The van der Waals surface area contributed by atoms with Crippen LogP contribution >= 0.6 is 0 Å². The number of aryl methyl sites for hydroxylation is 2. The minimum atomic E-state index is -1.08. The predicted octanol–water partition coefficient (Wildman–Crippen LogP) is 4.93. The molecule has 3 aromatic heterocycles. The van der Waals surface area contributed by atoms with Gasteiger partial charge in [0.25, 0.3) is 5.91 Å². The molecule has 17 heteroatoms. The molecule has 61 heavy (non-hydrogen) atoms. The number of carbonyl (C=O) groups is 4. The SMILES string of the molecule is Cc1cc2cc(n1)-c1cnn(C)c1OCC[C@H]1C[C@@H]1Cn1c(nc3ccc(N4CCC(N5CCN(c6cc(F)c(C7CCC(=O)NC7=O)c(F)c6)CC5=O)CC4)cc31)NC2=O. The number of fused-ring (bicyclic) bond motifs is 8. The van der Waals surface area contributed by atoms with Gasteiger partial charge in [0.15, 0.2) is 0 Å². The average molecular weight is 833 g/mol. The second-order valence-electron chi connectivity index (χ2n) is 17.0. The number of anilines is 3. The molecule has 1 aliphatic carbocycles. The lowest BCUT2D eigenvalue weighted by Crippen LogP contribution is -2.56. The molecule has 15 nitrogen and oxygen atoms in total. The highest BCUT2D eigenvalue weighted by atomic mass is 19.1. The minimum Gasteiger partial charge on any atom is -0.477 e. The summed E-state index contributed by atoms with van der Waals surface area (Å²) >= 11 is 0. The third-order valence-electron chi connectivity index (χ3n) is 13.1. The minimum absolute atomic E-state index is 0.0104. The van der Waals surface area contributed by atoms with Crippen LogP contribution in [-0.2, 0) is 28.0 Å². The summed E-state index contributed by atoms with van der Waals surface area (Å²) in [5.41, 5.74) is 5.17. The normalized spacial score (nSPS) is 22.4. The van der Waals surface area contributed by atoms with E-state index in [1.165, 1.54) is 12.1 Å². The van der Waals surface area contributed by atoms with E-state index in [9.17, 15) is 19.2 Å². The van der Waals surface area contributed by atoms with Crippen molar-refractivity contribution in [3.63, 3.8) is 0 Å². The molecule has 5 aromatic rings. The van der Waals surface area contributed by atoms with Gasteiger partial charge in [-0.25, -0.2) is 18.4 Å². The van der Waals surface area contributed by atoms with Crippen LogP contribution in [0.1, 0.15) is 66.1 Å². The molecule has 316 valence electrons. The number of hydrogen-bond donors (Lipinski definition) is 2. The lowest BCUT2D eigenvalue weighted by molar-refractivity contribution is -0.135. The van der Waals surface area contributed by atoms with Crippen molar-refractivity contribution < 1.29 is 32.7 Å². The Hall–Kier alpha value is -6.39. The summed E-state index contributed by atoms with van der Waals surface area (Å²) < 4.78 is 40.7. The van der Waals surface area contributed by atoms with Crippen LogP contribution in [0.2, 0.25) is 0 Å². The maximum atomic E-state index is 15.3. The first-order valence-electron chi connectivity index (χ1n) is 21.0. The van der Waals surface area contributed by atoms with Crippen LogP contribution in [0, 0.1) is 30.4 Å². The summed E-state index contributed by atoms with van der Waals surface area (Å²) in [5.74, 6) is -2.36. The monoisotopic (exact) mass is 832 g/mol. The van der Waals surface area contributed by atoms with Crippen LogP contribution in [-0.4, -0.2) is 98.2 Å². The zero-order valence-electron chi connectivity index (χ0n) is 34.0. The van der Waals surface area contributed by atoms with Crippen LogP contribution in [0.15, 0.2) is 48.7 Å². The van der Waals surface area contributed by atoms with Crippen LogP contribution in [0.25, 0.3) is 22.3 Å². The number of piperazine rings is 1. The fourth-order valence-corrected chi connectivity index (χ4v) is 9.69. The van der Waals surface area contributed by atoms with Crippen molar-refractivity contribution >= 4 is 52.0 Å². The van der Waals surface area contributed by atoms with Gasteiger partial charge in [-0.15, -0.1) is 0 Å². The summed E-state index contributed by atoms with van der Waals surface area (Å²) in [4.78, 5) is 66.9. The molecule has 7 heterocycles. The van der Waals surface area contributed by atoms with E-state index in [4.69, 9.17) is 14.7 Å². The number of ether oxygens (including phenoxy) is 1. The van der Waals surface area contributed by atoms with Gasteiger partial charge >= 0.3 is 0 Å². The Balaban J connectivity index is 0.827. The molecule has 1 unspecified atom stereocenters. The number of amides is 4. The number of pyridine rings is 1.